The molecule has 0 aromatic carbocycles. The molecule has 21 heavy (non-hydrogen) atoms. The van der Waals surface area contributed by atoms with Crippen LogP contribution in [0, 0.1) is 0 Å². The van der Waals surface area contributed by atoms with Crippen LogP contribution in [0.15, 0.2) is 4.99 Å². The molecular weight excluding hydrogens is 401 g/mol. The van der Waals surface area contributed by atoms with Crippen LogP contribution in [0.4, 0.5) is 0 Å². The summed E-state index contributed by atoms with van der Waals surface area (Å²) >= 11 is 1.95. The molecule has 1 fully saturated rings. The molecule has 2 atom stereocenters. The summed E-state index contributed by atoms with van der Waals surface area (Å²) in [4.78, 5) is 15.4. The Bertz CT molecular complexity index is 329. The van der Waals surface area contributed by atoms with Gasteiger partial charge in [0.05, 0.1) is 6.61 Å². The summed E-state index contributed by atoms with van der Waals surface area (Å²) in [5.74, 6) is 0.705. The van der Waals surface area contributed by atoms with Crippen molar-refractivity contribution in [2.24, 2.45) is 4.99 Å². The number of carbonyl (C=O) groups excluding carboxylic acids is 1. The molecule has 0 aliphatic heterocycles. The Balaban J connectivity index is 0.00000400. The molecule has 7 heteroatoms. The largest absolute Gasteiger partial charge is 0.466 e. The van der Waals surface area contributed by atoms with Crippen LogP contribution in [0.2, 0.25) is 0 Å². The summed E-state index contributed by atoms with van der Waals surface area (Å²) < 4.78 is 4.89. The maximum absolute atomic E-state index is 11.2. The van der Waals surface area contributed by atoms with Crippen molar-refractivity contribution in [1.29, 1.82) is 0 Å². The first-order valence-corrected chi connectivity index (χ1v) is 8.64. The lowest BCUT2D eigenvalue weighted by Gasteiger charge is -2.17. The summed E-state index contributed by atoms with van der Waals surface area (Å²) in [7, 11) is 1.78. The molecule has 2 unspecified atom stereocenters. The zero-order valence-corrected chi connectivity index (χ0v) is 16.3. The van der Waals surface area contributed by atoms with Gasteiger partial charge in [-0.25, -0.2) is 0 Å². The normalized spacial score (nSPS) is 21.6. The molecule has 0 bridgehead atoms. The topological polar surface area (TPSA) is 62.7 Å². The molecule has 0 radical (unpaired) electrons. The fourth-order valence-corrected chi connectivity index (χ4v) is 3.14. The van der Waals surface area contributed by atoms with Gasteiger partial charge in [-0.1, -0.05) is 0 Å². The number of rotatable bonds is 7. The van der Waals surface area contributed by atoms with E-state index < -0.39 is 0 Å². The number of carbonyl (C=O) groups is 1. The van der Waals surface area contributed by atoms with Crippen LogP contribution < -0.4 is 10.6 Å². The van der Waals surface area contributed by atoms with E-state index in [-0.39, 0.29) is 29.9 Å². The zero-order chi connectivity index (χ0) is 14.8. The lowest BCUT2D eigenvalue weighted by Crippen LogP contribution is -2.42. The van der Waals surface area contributed by atoms with Crippen molar-refractivity contribution in [2.75, 3.05) is 26.5 Å². The van der Waals surface area contributed by atoms with Crippen molar-refractivity contribution < 1.29 is 9.53 Å². The molecule has 0 saturated heterocycles. The van der Waals surface area contributed by atoms with Crippen molar-refractivity contribution >= 4 is 47.7 Å². The SMILES string of the molecule is CCOC(=O)CCCNC(=NC)NC1CCC(SC)C1.I. The monoisotopic (exact) mass is 429 g/mol. The minimum absolute atomic E-state index is 0. The van der Waals surface area contributed by atoms with E-state index in [4.69, 9.17) is 4.74 Å². The molecular formula is C14H28IN3O2S. The summed E-state index contributed by atoms with van der Waals surface area (Å²) in [5, 5.41) is 7.48. The second kappa shape index (κ2) is 12.4. The van der Waals surface area contributed by atoms with Gasteiger partial charge in [-0.3, -0.25) is 9.79 Å². The average molecular weight is 429 g/mol. The highest BCUT2D eigenvalue weighted by molar-refractivity contribution is 14.0. The number of nitrogens with zero attached hydrogens (tertiary/aromatic N) is 1. The molecule has 1 rings (SSSR count). The Morgan fingerprint density at radius 2 is 2.19 bits per heavy atom. The Morgan fingerprint density at radius 1 is 1.43 bits per heavy atom. The summed E-state index contributed by atoms with van der Waals surface area (Å²) in [6, 6.07) is 0.517. The fourth-order valence-electron chi connectivity index (χ4n) is 2.35. The Hall–Kier alpha value is -0.180. The molecule has 0 aromatic heterocycles. The van der Waals surface area contributed by atoms with E-state index in [2.05, 4.69) is 21.9 Å². The first-order valence-electron chi connectivity index (χ1n) is 7.35. The lowest BCUT2D eigenvalue weighted by atomic mass is 10.2. The number of aliphatic imine (C=N–C) groups is 1. The van der Waals surface area contributed by atoms with Crippen molar-refractivity contribution in [3.8, 4) is 0 Å². The molecule has 0 heterocycles. The molecule has 0 aromatic rings. The van der Waals surface area contributed by atoms with E-state index >= 15 is 0 Å². The Kier molecular flexibility index (Phi) is 12.3. The van der Waals surface area contributed by atoms with Gasteiger partial charge in [0.1, 0.15) is 0 Å². The minimum Gasteiger partial charge on any atom is -0.466 e. The fraction of sp³-hybridized carbons (Fsp3) is 0.857. The Labute approximate surface area is 149 Å². The molecule has 2 N–H and O–H groups in total. The predicted octanol–water partition coefficient (Wildman–Crippen LogP) is 2.40. The molecule has 1 saturated carbocycles. The van der Waals surface area contributed by atoms with Crippen LogP contribution in [0.5, 0.6) is 0 Å². The summed E-state index contributed by atoms with van der Waals surface area (Å²) in [5.41, 5.74) is 0. The average Bonchev–Trinajstić information content (AvgIpc) is 2.90. The summed E-state index contributed by atoms with van der Waals surface area (Å²) in [6.45, 7) is 3.01. The molecule has 0 amide bonds. The number of nitrogens with one attached hydrogen (secondary N) is 2. The highest BCUT2D eigenvalue weighted by atomic mass is 127. The van der Waals surface area contributed by atoms with Crippen LogP contribution >= 0.6 is 35.7 Å². The van der Waals surface area contributed by atoms with Gasteiger partial charge in [0, 0.05) is 31.3 Å². The second-order valence-electron chi connectivity index (χ2n) is 4.92. The van der Waals surface area contributed by atoms with Gasteiger partial charge in [-0.05, 0) is 38.9 Å². The third-order valence-electron chi connectivity index (χ3n) is 3.44. The van der Waals surface area contributed by atoms with E-state index in [0.29, 0.717) is 19.1 Å². The highest BCUT2D eigenvalue weighted by Gasteiger charge is 2.24. The number of hydrogen-bond donors (Lipinski definition) is 2. The molecule has 1 aliphatic rings. The summed E-state index contributed by atoms with van der Waals surface area (Å²) in [6.07, 6.45) is 7.07. The third-order valence-corrected chi connectivity index (χ3v) is 4.53. The number of ether oxygens (including phenoxy) is 1. The molecule has 5 nitrogen and oxygen atoms in total. The van der Waals surface area contributed by atoms with Crippen LogP contribution in [0.1, 0.15) is 39.0 Å². The van der Waals surface area contributed by atoms with Gasteiger partial charge in [-0.2, -0.15) is 11.8 Å². The Morgan fingerprint density at radius 3 is 2.76 bits per heavy atom. The maximum atomic E-state index is 11.2. The first kappa shape index (κ1) is 20.8. The second-order valence-corrected chi connectivity index (χ2v) is 6.06. The number of hydrogen-bond acceptors (Lipinski definition) is 4. The standard InChI is InChI=1S/C14H27N3O2S.HI/c1-4-19-13(18)6-5-9-16-14(15-2)17-11-7-8-12(10-11)20-3;/h11-12H,4-10H2,1-3H3,(H2,15,16,17);1H. The number of esters is 1. The van der Waals surface area contributed by atoms with Gasteiger partial charge in [0.25, 0.3) is 0 Å². The van der Waals surface area contributed by atoms with Crippen molar-refractivity contribution in [2.45, 2.75) is 50.3 Å². The van der Waals surface area contributed by atoms with Crippen molar-refractivity contribution in [1.82, 2.24) is 10.6 Å². The number of halogens is 1. The van der Waals surface area contributed by atoms with Crippen molar-refractivity contribution in [3.63, 3.8) is 0 Å². The number of guanidine groups is 1. The lowest BCUT2D eigenvalue weighted by molar-refractivity contribution is -0.143. The van der Waals surface area contributed by atoms with Crippen LogP contribution in [0.25, 0.3) is 0 Å². The molecule has 1 aliphatic carbocycles. The van der Waals surface area contributed by atoms with Gasteiger partial charge < -0.3 is 15.4 Å². The van der Waals surface area contributed by atoms with Gasteiger partial charge in [0.2, 0.25) is 0 Å². The van der Waals surface area contributed by atoms with Crippen LogP contribution in [0.3, 0.4) is 0 Å². The number of thioether (sulfide) groups is 1. The predicted molar refractivity (Wildman–Crippen MR) is 101 cm³/mol. The van der Waals surface area contributed by atoms with Crippen LogP contribution in [-0.4, -0.2) is 49.7 Å². The quantitative estimate of drug-likeness (QED) is 0.214. The van der Waals surface area contributed by atoms with E-state index in [1.54, 1.807) is 7.05 Å². The van der Waals surface area contributed by atoms with Gasteiger partial charge >= 0.3 is 5.97 Å². The van der Waals surface area contributed by atoms with Crippen molar-refractivity contribution in [3.05, 3.63) is 0 Å². The van der Waals surface area contributed by atoms with Gasteiger partial charge in [0.15, 0.2) is 5.96 Å². The first-order chi connectivity index (χ1) is 9.69. The molecule has 0 spiro atoms. The maximum Gasteiger partial charge on any atom is 0.305 e. The van der Waals surface area contributed by atoms with Gasteiger partial charge in [-0.15, -0.1) is 24.0 Å². The van der Waals surface area contributed by atoms with E-state index in [0.717, 1.165) is 24.2 Å². The minimum atomic E-state index is -0.129. The third kappa shape index (κ3) is 8.75. The van der Waals surface area contributed by atoms with E-state index in [1.165, 1.54) is 19.3 Å². The van der Waals surface area contributed by atoms with Crippen LogP contribution in [-0.2, 0) is 9.53 Å². The molecule has 124 valence electrons. The zero-order valence-electron chi connectivity index (χ0n) is 13.2. The van der Waals surface area contributed by atoms with E-state index in [9.17, 15) is 4.79 Å². The smallest absolute Gasteiger partial charge is 0.305 e. The highest BCUT2D eigenvalue weighted by Crippen LogP contribution is 2.27. The van der Waals surface area contributed by atoms with E-state index in [1.807, 2.05) is 18.7 Å².